The third kappa shape index (κ3) is 3.21. The number of carboxylic acid groups (broad SMARTS) is 1. The van der Waals surface area contributed by atoms with Crippen LogP contribution in [0.25, 0.3) is 0 Å². The Morgan fingerprint density at radius 1 is 1.24 bits per heavy atom. The lowest BCUT2D eigenvalue weighted by atomic mass is 10.0. The molecule has 0 aliphatic carbocycles. The van der Waals surface area contributed by atoms with E-state index < -0.39 is 12.0 Å². The number of piperidine rings is 1. The first-order valence-electron chi connectivity index (χ1n) is 6.90. The number of carbonyl (C=O) groups is 3. The first-order chi connectivity index (χ1) is 10.0. The number of carboxylic acids is 1. The predicted octanol–water partition coefficient (Wildman–Crippen LogP) is 1.13. The third-order valence-corrected chi connectivity index (χ3v) is 3.65. The fourth-order valence-corrected chi connectivity index (χ4v) is 2.54. The Balaban J connectivity index is 2.26. The Bertz CT molecular complexity index is 571. The van der Waals surface area contributed by atoms with Crippen molar-refractivity contribution in [2.45, 2.75) is 25.3 Å². The van der Waals surface area contributed by atoms with Gasteiger partial charge in [0.05, 0.1) is 0 Å². The molecule has 2 amide bonds. The van der Waals surface area contributed by atoms with Crippen LogP contribution >= 0.6 is 0 Å². The number of aliphatic carboxylic acids is 1. The van der Waals surface area contributed by atoms with Gasteiger partial charge in [-0.1, -0.05) is 6.07 Å². The average molecular weight is 290 g/mol. The van der Waals surface area contributed by atoms with Crippen LogP contribution in [0.15, 0.2) is 24.3 Å². The van der Waals surface area contributed by atoms with Crippen LogP contribution in [-0.2, 0) is 4.79 Å². The van der Waals surface area contributed by atoms with Gasteiger partial charge in [0.1, 0.15) is 6.04 Å². The minimum absolute atomic E-state index is 0.280. The van der Waals surface area contributed by atoms with Gasteiger partial charge in [-0.3, -0.25) is 9.59 Å². The second kappa shape index (κ2) is 6.39. The van der Waals surface area contributed by atoms with Gasteiger partial charge < -0.3 is 15.3 Å². The summed E-state index contributed by atoms with van der Waals surface area (Å²) in [6.45, 7) is 0.431. The molecule has 0 spiro atoms. The summed E-state index contributed by atoms with van der Waals surface area (Å²) in [5, 5.41) is 11.7. The van der Waals surface area contributed by atoms with Crippen molar-refractivity contribution in [2.24, 2.45) is 0 Å². The van der Waals surface area contributed by atoms with Gasteiger partial charge in [-0.15, -0.1) is 0 Å². The maximum absolute atomic E-state index is 12.5. The zero-order valence-corrected chi connectivity index (χ0v) is 11.8. The number of benzene rings is 1. The summed E-state index contributed by atoms with van der Waals surface area (Å²) < 4.78 is 0. The van der Waals surface area contributed by atoms with E-state index in [0.717, 1.165) is 12.8 Å². The largest absolute Gasteiger partial charge is 0.480 e. The van der Waals surface area contributed by atoms with E-state index in [0.29, 0.717) is 24.1 Å². The van der Waals surface area contributed by atoms with Crippen LogP contribution in [0, 0.1) is 0 Å². The molecular weight excluding hydrogens is 272 g/mol. The minimum atomic E-state index is -0.981. The smallest absolute Gasteiger partial charge is 0.326 e. The molecule has 1 aromatic rings. The number of likely N-dealkylation sites (tertiary alicyclic amines) is 1. The third-order valence-electron chi connectivity index (χ3n) is 3.65. The van der Waals surface area contributed by atoms with Crippen molar-refractivity contribution in [2.75, 3.05) is 13.6 Å². The van der Waals surface area contributed by atoms with E-state index in [1.807, 2.05) is 0 Å². The van der Waals surface area contributed by atoms with Crippen LogP contribution < -0.4 is 5.32 Å². The second-order valence-corrected chi connectivity index (χ2v) is 5.01. The molecule has 2 N–H and O–H groups in total. The summed E-state index contributed by atoms with van der Waals surface area (Å²) in [6.07, 6.45) is 2.07. The molecule has 1 fully saturated rings. The molecule has 1 saturated heterocycles. The average Bonchev–Trinajstić information content (AvgIpc) is 2.53. The normalized spacial score (nSPS) is 18.1. The molecule has 2 rings (SSSR count). The second-order valence-electron chi connectivity index (χ2n) is 5.01. The van der Waals surface area contributed by atoms with E-state index in [1.165, 1.54) is 18.0 Å². The number of hydrogen-bond acceptors (Lipinski definition) is 3. The lowest BCUT2D eigenvalue weighted by Gasteiger charge is -2.33. The highest BCUT2D eigenvalue weighted by molar-refractivity contribution is 6.00. The molecule has 6 nitrogen and oxygen atoms in total. The van der Waals surface area contributed by atoms with Gasteiger partial charge in [0.25, 0.3) is 11.8 Å². The Labute approximate surface area is 122 Å². The van der Waals surface area contributed by atoms with Crippen molar-refractivity contribution in [1.82, 2.24) is 10.2 Å². The van der Waals surface area contributed by atoms with E-state index in [2.05, 4.69) is 5.32 Å². The van der Waals surface area contributed by atoms with Gasteiger partial charge in [0.15, 0.2) is 0 Å². The first kappa shape index (κ1) is 15.0. The number of amides is 2. The number of nitrogens with zero attached hydrogens (tertiary/aromatic N) is 1. The summed E-state index contributed by atoms with van der Waals surface area (Å²) in [4.78, 5) is 36.8. The van der Waals surface area contributed by atoms with Gasteiger partial charge in [-0.2, -0.15) is 0 Å². The standard InChI is InChI=1S/C15H18N2O4/c1-16-13(18)10-5-4-6-11(9-10)14(19)17-8-3-2-7-12(17)15(20)21/h4-6,9,12H,2-3,7-8H2,1H3,(H,16,18)(H,20,21). The molecule has 0 saturated carbocycles. The number of rotatable bonds is 3. The highest BCUT2D eigenvalue weighted by Crippen LogP contribution is 2.20. The van der Waals surface area contributed by atoms with E-state index >= 15 is 0 Å². The van der Waals surface area contributed by atoms with E-state index in [4.69, 9.17) is 0 Å². The molecule has 0 aromatic heterocycles. The van der Waals surface area contributed by atoms with Crippen LogP contribution in [0.3, 0.4) is 0 Å². The maximum atomic E-state index is 12.5. The summed E-state index contributed by atoms with van der Waals surface area (Å²) in [6, 6.07) is 5.55. The van der Waals surface area contributed by atoms with Crippen LogP contribution in [0.5, 0.6) is 0 Å². The Morgan fingerprint density at radius 3 is 2.62 bits per heavy atom. The van der Waals surface area contributed by atoms with Gasteiger partial charge in [0.2, 0.25) is 0 Å². The molecule has 1 heterocycles. The molecule has 1 aliphatic heterocycles. The molecule has 1 aromatic carbocycles. The molecule has 0 bridgehead atoms. The van der Waals surface area contributed by atoms with Crippen molar-refractivity contribution in [3.63, 3.8) is 0 Å². The number of nitrogens with one attached hydrogen (secondary N) is 1. The SMILES string of the molecule is CNC(=O)c1cccc(C(=O)N2CCCCC2C(=O)O)c1. The van der Waals surface area contributed by atoms with Crippen LogP contribution in [0.2, 0.25) is 0 Å². The lowest BCUT2D eigenvalue weighted by molar-refractivity contribution is -0.143. The van der Waals surface area contributed by atoms with Crippen molar-refractivity contribution in [3.05, 3.63) is 35.4 Å². The van der Waals surface area contributed by atoms with Gasteiger partial charge >= 0.3 is 5.97 Å². The Kier molecular flexibility index (Phi) is 4.57. The highest BCUT2D eigenvalue weighted by atomic mass is 16.4. The van der Waals surface area contributed by atoms with Gasteiger partial charge in [-0.25, -0.2) is 4.79 Å². The predicted molar refractivity (Wildman–Crippen MR) is 76.1 cm³/mol. The lowest BCUT2D eigenvalue weighted by Crippen LogP contribution is -2.48. The fourth-order valence-electron chi connectivity index (χ4n) is 2.54. The van der Waals surface area contributed by atoms with Crippen LogP contribution in [0.1, 0.15) is 40.0 Å². The molecule has 0 radical (unpaired) electrons. The minimum Gasteiger partial charge on any atom is -0.480 e. The Morgan fingerprint density at radius 2 is 1.95 bits per heavy atom. The summed E-state index contributed by atoms with van der Waals surface area (Å²) in [5.41, 5.74) is 0.719. The Hall–Kier alpha value is -2.37. The zero-order valence-electron chi connectivity index (χ0n) is 11.8. The monoisotopic (exact) mass is 290 g/mol. The molecule has 6 heteroatoms. The van der Waals surface area contributed by atoms with Crippen molar-refractivity contribution in [1.29, 1.82) is 0 Å². The first-order valence-corrected chi connectivity index (χ1v) is 6.90. The molecule has 1 aliphatic rings. The molecule has 1 atom stereocenters. The quantitative estimate of drug-likeness (QED) is 0.873. The van der Waals surface area contributed by atoms with Crippen molar-refractivity contribution in [3.8, 4) is 0 Å². The summed E-state index contributed by atoms with van der Waals surface area (Å²) in [5.74, 6) is -1.60. The van der Waals surface area contributed by atoms with Crippen molar-refractivity contribution >= 4 is 17.8 Å². The van der Waals surface area contributed by atoms with Gasteiger partial charge in [0, 0.05) is 24.7 Å². The van der Waals surface area contributed by atoms with E-state index in [-0.39, 0.29) is 11.8 Å². The maximum Gasteiger partial charge on any atom is 0.326 e. The summed E-state index contributed by atoms with van der Waals surface area (Å²) >= 11 is 0. The molecule has 21 heavy (non-hydrogen) atoms. The number of carbonyl (C=O) groups excluding carboxylic acids is 2. The number of hydrogen-bond donors (Lipinski definition) is 2. The zero-order chi connectivity index (χ0) is 15.4. The van der Waals surface area contributed by atoms with Gasteiger partial charge in [-0.05, 0) is 37.5 Å². The molecule has 112 valence electrons. The highest BCUT2D eigenvalue weighted by Gasteiger charge is 2.32. The summed E-state index contributed by atoms with van der Waals surface area (Å²) in [7, 11) is 1.52. The van der Waals surface area contributed by atoms with Crippen LogP contribution in [-0.4, -0.2) is 47.4 Å². The fraction of sp³-hybridized carbons (Fsp3) is 0.400. The van der Waals surface area contributed by atoms with Crippen molar-refractivity contribution < 1.29 is 19.5 Å². The van der Waals surface area contributed by atoms with E-state index in [1.54, 1.807) is 18.2 Å². The van der Waals surface area contributed by atoms with E-state index in [9.17, 15) is 19.5 Å². The molecular formula is C15H18N2O4. The molecule has 1 unspecified atom stereocenters. The topological polar surface area (TPSA) is 86.7 Å². The van der Waals surface area contributed by atoms with Crippen LogP contribution in [0.4, 0.5) is 0 Å².